The largest absolute Gasteiger partial charge is 0.496 e. The van der Waals surface area contributed by atoms with Crippen LogP contribution in [0.25, 0.3) is 0 Å². The van der Waals surface area contributed by atoms with E-state index in [-0.39, 0.29) is 0 Å². The van der Waals surface area contributed by atoms with Crippen molar-refractivity contribution in [3.63, 3.8) is 0 Å². The van der Waals surface area contributed by atoms with E-state index in [0.29, 0.717) is 6.54 Å². The average Bonchev–Trinajstić information content (AvgIpc) is 2.40. The normalized spacial score (nSPS) is 10.3. The van der Waals surface area contributed by atoms with E-state index in [1.807, 2.05) is 36.4 Å². The minimum atomic E-state index is 0.694. The smallest absolute Gasteiger partial charge is 0.133 e. The Morgan fingerprint density at radius 1 is 1.11 bits per heavy atom. The molecule has 0 fully saturated rings. The third kappa shape index (κ3) is 3.88. The van der Waals surface area contributed by atoms with Crippen molar-refractivity contribution in [1.82, 2.24) is 0 Å². The number of rotatable bonds is 4. The molecule has 2 nitrogen and oxygen atoms in total. The van der Waals surface area contributed by atoms with Crippen molar-refractivity contribution < 1.29 is 4.74 Å². The molecule has 2 aromatic rings. The molecule has 0 aliphatic heterocycles. The molecule has 2 rings (SSSR count). The Balaban J connectivity index is 2.10. The predicted octanol–water partition coefficient (Wildman–Crippen LogP) is 5.49. The minimum Gasteiger partial charge on any atom is -0.496 e. The summed E-state index contributed by atoms with van der Waals surface area (Å²) < 4.78 is 7.16. The highest BCUT2D eigenvalue weighted by atomic mass is 79.9. The highest BCUT2D eigenvalue weighted by molar-refractivity contribution is 9.10. The van der Waals surface area contributed by atoms with Crippen molar-refractivity contribution >= 4 is 49.1 Å². The van der Waals surface area contributed by atoms with E-state index < -0.39 is 0 Å². The van der Waals surface area contributed by atoms with Crippen LogP contribution < -0.4 is 10.1 Å². The van der Waals surface area contributed by atoms with E-state index in [9.17, 15) is 0 Å². The summed E-state index contributed by atoms with van der Waals surface area (Å²) in [6, 6.07) is 11.6. The van der Waals surface area contributed by atoms with Gasteiger partial charge >= 0.3 is 0 Å². The summed E-state index contributed by atoms with van der Waals surface area (Å²) in [5, 5.41) is 4.08. The summed E-state index contributed by atoms with van der Waals surface area (Å²) in [5.74, 6) is 0.814. The zero-order valence-corrected chi connectivity index (χ0v) is 14.1. The van der Waals surface area contributed by atoms with Crippen LogP contribution >= 0.6 is 43.5 Å². The van der Waals surface area contributed by atoms with Crippen molar-refractivity contribution in [2.75, 3.05) is 12.4 Å². The molecule has 0 saturated heterocycles. The molecule has 0 amide bonds. The molecule has 0 aromatic heterocycles. The number of halogens is 3. The number of ether oxygens (including phenoxy) is 1. The maximum absolute atomic E-state index is 5.99. The summed E-state index contributed by atoms with van der Waals surface area (Å²) in [5.41, 5.74) is 2.12. The molecule has 0 heterocycles. The molecule has 19 heavy (non-hydrogen) atoms. The molecule has 0 radical (unpaired) electrons. The average molecular weight is 406 g/mol. The summed E-state index contributed by atoms with van der Waals surface area (Å²) in [7, 11) is 1.65. The van der Waals surface area contributed by atoms with Crippen molar-refractivity contribution in [2.45, 2.75) is 6.54 Å². The Labute approximate surface area is 134 Å². The molecule has 0 aliphatic rings. The maximum atomic E-state index is 5.99. The van der Waals surface area contributed by atoms with E-state index in [0.717, 1.165) is 31.0 Å². The second kappa shape index (κ2) is 6.64. The van der Waals surface area contributed by atoms with Gasteiger partial charge in [0, 0.05) is 21.7 Å². The number of hydrogen-bond acceptors (Lipinski definition) is 2. The standard InChI is InChI=1S/C14H12Br2ClNO/c1-19-14-5-3-11(7-13(14)16)18-8-9-6-10(17)2-4-12(9)15/h2-7,18H,8H2,1H3. The van der Waals surface area contributed by atoms with Gasteiger partial charge in [-0.1, -0.05) is 27.5 Å². The summed E-state index contributed by atoms with van der Waals surface area (Å²) in [6.45, 7) is 0.694. The van der Waals surface area contributed by atoms with E-state index in [2.05, 4.69) is 37.2 Å². The van der Waals surface area contributed by atoms with Gasteiger partial charge < -0.3 is 10.1 Å². The van der Waals surface area contributed by atoms with Gasteiger partial charge in [0.2, 0.25) is 0 Å². The highest BCUT2D eigenvalue weighted by Crippen LogP contribution is 2.28. The lowest BCUT2D eigenvalue weighted by Gasteiger charge is -2.10. The van der Waals surface area contributed by atoms with Crippen molar-refractivity contribution in [2.24, 2.45) is 0 Å². The van der Waals surface area contributed by atoms with Gasteiger partial charge in [-0.05, 0) is 57.9 Å². The van der Waals surface area contributed by atoms with Crippen LogP contribution in [0.2, 0.25) is 5.02 Å². The highest BCUT2D eigenvalue weighted by Gasteiger charge is 2.03. The fourth-order valence-corrected chi connectivity index (χ4v) is 2.77. The van der Waals surface area contributed by atoms with Crippen molar-refractivity contribution in [1.29, 1.82) is 0 Å². The van der Waals surface area contributed by atoms with Gasteiger partial charge in [-0.2, -0.15) is 0 Å². The van der Waals surface area contributed by atoms with Crippen LogP contribution in [0, 0.1) is 0 Å². The van der Waals surface area contributed by atoms with Crippen LogP contribution in [0.5, 0.6) is 5.75 Å². The molecule has 5 heteroatoms. The zero-order valence-electron chi connectivity index (χ0n) is 10.2. The number of anilines is 1. The fraction of sp³-hybridized carbons (Fsp3) is 0.143. The lowest BCUT2D eigenvalue weighted by atomic mass is 10.2. The van der Waals surface area contributed by atoms with Crippen LogP contribution in [0.3, 0.4) is 0 Å². The Morgan fingerprint density at radius 2 is 1.89 bits per heavy atom. The molecule has 0 aliphatic carbocycles. The van der Waals surface area contributed by atoms with Crippen LogP contribution in [0.1, 0.15) is 5.56 Å². The van der Waals surface area contributed by atoms with E-state index in [1.54, 1.807) is 7.11 Å². The molecule has 0 spiro atoms. The molecule has 0 saturated carbocycles. The maximum Gasteiger partial charge on any atom is 0.133 e. The zero-order chi connectivity index (χ0) is 13.8. The van der Waals surface area contributed by atoms with Crippen LogP contribution in [0.4, 0.5) is 5.69 Å². The first-order valence-electron chi connectivity index (χ1n) is 5.61. The topological polar surface area (TPSA) is 21.3 Å². The molecular formula is C14H12Br2ClNO. The number of methoxy groups -OCH3 is 1. The van der Waals surface area contributed by atoms with E-state index >= 15 is 0 Å². The Kier molecular flexibility index (Phi) is 5.13. The van der Waals surface area contributed by atoms with Gasteiger partial charge in [-0.15, -0.1) is 0 Å². The van der Waals surface area contributed by atoms with Gasteiger partial charge in [0.05, 0.1) is 11.6 Å². The van der Waals surface area contributed by atoms with Gasteiger partial charge in [0.1, 0.15) is 5.75 Å². The Morgan fingerprint density at radius 3 is 2.58 bits per heavy atom. The first-order chi connectivity index (χ1) is 9.10. The lowest BCUT2D eigenvalue weighted by molar-refractivity contribution is 0.412. The predicted molar refractivity (Wildman–Crippen MR) is 87.2 cm³/mol. The fourth-order valence-electron chi connectivity index (χ4n) is 1.65. The third-order valence-corrected chi connectivity index (χ3v) is 4.27. The molecule has 0 atom stereocenters. The number of nitrogens with one attached hydrogen (secondary N) is 1. The summed E-state index contributed by atoms with van der Waals surface area (Å²) in [4.78, 5) is 0. The SMILES string of the molecule is COc1ccc(NCc2cc(Cl)ccc2Br)cc1Br. The Bertz CT molecular complexity index is 590. The first-order valence-corrected chi connectivity index (χ1v) is 7.58. The summed E-state index contributed by atoms with van der Waals surface area (Å²) >= 11 is 13.0. The van der Waals surface area contributed by atoms with Gasteiger partial charge in [-0.3, -0.25) is 0 Å². The summed E-state index contributed by atoms with van der Waals surface area (Å²) in [6.07, 6.45) is 0. The molecule has 0 bridgehead atoms. The van der Waals surface area contributed by atoms with Crippen LogP contribution in [-0.4, -0.2) is 7.11 Å². The van der Waals surface area contributed by atoms with Crippen molar-refractivity contribution in [3.05, 3.63) is 55.9 Å². The number of hydrogen-bond donors (Lipinski definition) is 1. The Hall–Kier alpha value is -0.710. The van der Waals surface area contributed by atoms with Gasteiger partial charge in [-0.25, -0.2) is 0 Å². The second-order valence-electron chi connectivity index (χ2n) is 3.94. The van der Waals surface area contributed by atoms with Crippen LogP contribution in [-0.2, 0) is 6.54 Å². The third-order valence-electron chi connectivity index (χ3n) is 2.64. The monoisotopic (exact) mass is 403 g/mol. The van der Waals surface area contributed by atoms with Crippen molar-refractivity contribution in [3.8, 4) is 5.75 Å². The second-order valence-corrected chi connectivity index (χ2v) is 6.08. The molecule has 2 aromatic carbocycles. The van der Waals surface area contributed by atoms with E-state index in [1.165, 1.54) is 0 Å². The molecule has 0 unspecified atom stereocenters. The van der Waals surface area contributed by atoms with Gasteiger partial charge in [0.25, 0.3) is 0 Å². The quantitative estimate of drug-likeness (QED) is 0.727. The van der Waals surface area contributed by atoms with Gasteiger partial charge in [0.15, 0.2) is 0 Å². The van der Waals surface area contributed by atoms with Crippen LogP contribution in [0.15, 0.2) is 45.3 Å². The molecule has 100 valence electrons. The number of benzene rings is 2. The van der Waals surface area contributed by atoms with E-state index in [4.69, 9.17) is 16.3 Å². The molecular weight excluding hydrogens is 393 g/mol. The minimum absolute atomic E-state index is 0.694. The lowest BCUT2D eigenvalue weighted by Crippen LogP contribution is -2.00. The molecule has 1 N–H and O–H groups in total. The first kappa shape index (κ1) is 14.7.